The first kappa shape index (κ1) is 15.5. The predicted molar refractivity (Wildman–Crippen MR) is 82.5 cm³/mol. The monoisotopic (exact) mass is 278 g/mol. The average Bonchev–Trinajstić information content (AvgIpc) is 2.48. The molecule has 0 saturated carbocycles. The van der Waals surface area contributed by atoms with Crippen LogP contribution in [-0.2, 0) is 6.42 Å². The van der Waals surface area contributed by atoms with Gasteiger partial charge in [0, 0.05) is 31.2 Å². The van der Waals surface area contributed by atoms with Crippen molar-refractivity contribution in [2.24, 2.45) is 0 Å². The van der Waals surface area contributed by atoms with Crippen molar-refractivity contribution in [1.82, 2.24) is 10.2 Å². The zero-order valence-electron chi connectivity index (χ0n) is 13.0. The minimum atomic E-state index is -0.0764. The van der Waals surface area contributed by atoms with Crippen molar-refractivity contribution in [3.8, 4) is 0 Å². The van der Waals surface area contributed by atoms with Gasteiger partial charge in [-0.1, -0.05) is 32.0 Å². The molecule has 1 aliphatic rings. The molecule has 0 aliphatic carbocycles. The van der Waals surface area contributed by atoms with E-state index in [-0.39, 0.29) is 11.4 Å². The molecule has 1 aromatic rings. The Hall–Kier alpha value is -0.930. The van der Waals surface area contributed by atoms with E-state index in [1.165, 1.54) is 0 Å². The summed E-state index contributed by atoms with van der Waals surface area (Å²) < 4.78 is 13.7. The highest BCUT2D eigenvalue weighted by Gasteiger charge is 2.34. The normalized spacial score (nSPS) is 22.9. The van der Waals surface area contributed by atoms with E-state index in [0.717, 1.165) is 44.5 Å². The minimum Gasteiger partial charge on any atom is -0.308 e. The lowest BCUT2D eigenvalue weighted by molar-refractivity contribution is 0.0817. The minimum absolute atomic E-state index is 0.0764. The summed E-state index contributed by atoms with van der Waals surface area (Å²) in [6.45, 7) is 9.78. The molecule has 112 valence electrons. The number of piperazine rings is 1. The second kappa shape index (κ2) is 6.68. The molecule has 0 radical (unpaired) electrons. The fourth-order valence-electron chi connectivity index (χ4n) is 3.08. The summed E-state index contributed by atoms with van der Waals surface area (Å²) in [6.07, 6.45) is 3.08. The zero-order valence-corrected chi connectivity index (χ0v) is 13.0. The number of nitrogens with zero attached hydrogens (tertiary/aromatic N) is 1. The number of nitrogens with one attached hydrogen (secondary N) is 1. The SMILES string of the molecule is CCC1(CC)CN(CCc2ccccc2F)C(C)CN1. The summed E-state index contributed by atoms with van der Waals surface area (Å²) in [6, 6.07) is 7.65. The van der Waals surface area contributed by atoms with Crippen LogP contribution < -0.4 is 5.32 Å². The van der Waals surface area contributed by atoms with E-state index in [1.807, 2.05) is 12.1 Å². The molecule has 1 unspecified atom stereocenters. The Balaban J connectivity index is 1.99. The second-order valence-electron chi connectivity index (χ2n) is 6.03. The molecule has 0 aromatic heterocycles. The average molecular weight is 278 g/mol. The van der Waals surface area contributed by atoms with Gasteiger partial charge in [-0.15, -0.1) is 0 Å². The van der Waals surface area contributed by atoms with Gasteiger partial charge in [-0.2, -0.15) is 0 Å². The lowest BCUT2D eigenvalue weighted by Crippen LogP contribution is -2.63. The maximum absolute atomic E-state index is 13.7. The molecule has 0 bridgehead atoms. The van der Waals surface area contributed by atoms with Crippen molar-refractivity contribution >= 4 is 0 Å². The van der Waals surface area contributed by atoms with Crippen molar-refractivity contribution in [2.45, 2.75) is 51.6 Å². The first-order chi connectivity index (χ1) is 9.60. The molecule has 1 saturated heterocycles. The molecule has 1 atom stereocenters. The number of benzene rings is 1. The van der Waals surface area contributed by atoms with Gasteiger partial charge in [0.25, 0.3) is 0 Å². The first-order valence-corrected chi connectivity index (χ1v) is 7.82. The lowest BCUT2D eigenvalue weighted by Gasteiger charge is -2.46. The maximum Gasteiger partial charge on any atom is 0.126 e. The van der Waals surface area contributed by atoms with Crippen LogP contribution in [0.1, 0.15) is 39.2 Å². The van der Waals surface area contributed by atoms with E-state index in [2.05, 4.69) is 31.0 Å². The molecule has 0 amide bonds. The van der Waals surface area contributed by atoms with Crippen molar-refractivity contribution in [3.05, 3.63) is 35.6 Å². The number of rotatable bonds is 5. The highest BCUT2D eigenvalue weighted by molar-refractivity contribution is 5.17. The molecule has 3 heteroatoms. The van der Waals surface area contributed by atoms with Crippen molar-refractivity contribution in [3.63, 3.8) is 0 Å². The van der Waals surface area contributed by atoms with Gasteiger partial charge in [-0.05, 0) is 37.8 Å². The van der Waals surface area contributed by atoms with Crippen LogP contribution in [-0.4, -0.2) is 36.1 Å². The van der Waals surface area contributed by atoms with Crippen molar-refractivity contribution in [1.29, 1.82) is 0 Å². The van der Waals surface area contributed by atoms with Crippen LogP contribution >= 0.6 is 0 Å². The Labute approximate surface area is 122 Å². The summed E-state index contributed by atoms with van der Waals surface area (Å²) in [5, 5.41) is 3.71. The molecule has 2 rings (SSSR count). The summed E-state index contributed by atoms with van der Waals surface area (Å²) in [5.41, 5.74) is 1.07. The van der Waals surface area contributed by atoms with Gasteiger partial charge in [-0.25, -0.2) is 4.39 Å². The molecule has 0 spiro atoms. The smallest absolute Gasteiger partial charge is 0.126 e. The number of halogens is 1. The van der Waals surface area contributed by atoms with Crippen LogP contribution in [0.25, 0.3) is 0 Å². The lowest BCUT2D eigenvalue weighted by atomic mass is 9.88. The van der Waals surface area contributed by atoms with Crippen LogP contribution in [0.4, 0.5) is 4.39 Å². The highest BCUT2D eigenvalue weighted by atomic mass is 19.1. The predicted octanol–water partition coefficient (Wildman–Crippen LogP) is 3.22. The molecule has 1 aliphatic heterocycles. The molecule has 1 aromatic carbocycles. The van der Waals surface area contributed by atoms with Gasteiger partial charge < -0.3 is 5.32 Å². The largest absolute Gasteiger partial charge is 0.308 e. The van der Waals surface area contributed by atoms with E-state index >= 15 is 0 Å². The Morgan fingerprint density at radius 3 is 2.65 bits per heavy atom. The Kier molecular flexibility index (Phi) is 5.17. The Morgan fingerprint density at radius 1 is 1.30 bits per heavy atom. The Bertz CT molecular complexity index is 429. The zero-order chi connectivity index (χ0) is 14.6. The van der Waals surface area contributed by atoms with E-state index in [1.54, 1.807) is 12.1 Å². The van der Waals surface area contributed by atoms with Gasteiger partial charge in [0.1, 0.15) is 5.82 Å². The molecule has 20 heavy (non-hydrogen) atoms. The van der Waals surface area contributed by atoms with Gasteiger partial charge in [0.15, 0.2) is 0 Å². The van der Waals surface area contributed by atoms with Crippen molar-refractivity contribution < 1.29 is 4.39 Å². The molecular formula is C17H27FN2. The molecule has 2 nitrogen and oxygen atoms in total. The molecular weight excluding hydrogens is 251 g/mol. The summed E-state index contributed by atoms with van der Waals surface area (Å²) in [7, 11) is 0. The summed E-state index contributed by atoms with van der Waals surface area (Å²) in [4.78, 5) is 2.51. The van der Waals surface area contributed by atoms with Crippen LogP contribution in [0.2, 0.25) is 0 Å². The van der Waals surface area contributed by atoms with Crippen LogP contribution in [0, 0.1) is 5.82 Å². The third kappa shape index (κ3) is 3.39. The van der Waals surface area contributed by atoms with Gasteiger partial charge >= 0.3 is 0 Å². The maximum atomic E-state index is 13.7. The summed E-state index contributed by atoms with van der Waals surface area (Å²) in [5.74, 6) is -0.0764. The van der Waals surface area contributed by atoms with Crippen LogP contribution in [0.3, 0.4) is 0 Å². The number of hydrogen-bond acceptors (Lipinski definition) is 2. The first-order valence-electron chi connectivity index (χ1n) is 7.82. The number of hydrogen-bond donors (Lipinski definition) is 1. The molecule has 1 N–H and O–H groups in total. The molecule has 1 heterocycles. The van der Waals surface area contributed by atoms with E-state index < -0.39 is 0 Å². The fourth-order valence-corrected chi connectivity index (χ4v) is 3.08. The quantitative estimate of drug-likeness (QED) is 0.889. The van der Waals surface area contributed by atoms with E-state index in [0.29, 0.717) is 6.04 Å². The van der Waals surface area contributed by atoms with E-state index in [9.17, 15) is 4.39 Å². The second-order valence-corrected chi connectivity index (χ2v) is 6.03. The van der Waals surface area contributed by atoms with Gasteiger partial charge in [0.2, 0.25) is 0 Å². The summed E-state index contributed by atoms with van der Waals surface area (Å²) >= 11 is 0. The third-order valence-corrected chi connectivity index (χ3v) is 4.88. The topological polar surface area (TPSA) is 15.3 Å². The van der Waals surface area contributed by atoms with E-state index in [4.69, 9.17) is 0 Å². The van der Waals surface area contributed by atoms with Crippen LogP contribution in [0.5, 0.6) is 0 Å². The van der Waals surface area contributed by atoms with Gasteiger partial charge in [0.05, 0.1) is 0 Å². The molecule has 1 fully saturated rings. The standard InChI is InChI=1S/C17H27FN2/c1-4-17(5-2)13-20(14(3)12-19-17)11-10-15-8-6-7-9-16(15)18/h6-9,14,19H,4-5,10-13H2,1-3H3. The van der Waals surface area contributed by atoms with Gasteiger partial charge in [-0.3, -0.25) is 4.90 Å². The third-order valence-electron chi connectivity index (χ3n) is 4.88. The highest BCUT2D eigenvalue weighted by Crippen LogP contribution is 2.23. The van der Waals surface area contributed by atoms with Crippen LogP contribution in [0.15, 0.2) is 24.3 Å². The fraction of sp³-hybridized carbons (Fsp3) is 0.647. The Morgan fingerprint density at radius 2 is 2.00 bits per heavy atom. The van der Waals surface area contributed by atoms with Crippen molar-refractivity contribution in [2.75, 3.05) is 19.6 Å².